The fourth-order valence-electron chi connectivity index (χ4n) is 2.64. The molecule has 0 saturated carbocycles. The van der Waals surface area contributed by atoms with Crippen LogP contribution in [0.4, 0.5) is 5.69 Å². The van der Waals surface area contributed by atoms with E-state index >= 15 is 0 Å². The molecule has 0 heterocycles. The van der Waals surface area contributed by atoms with Crippen LogP contribution in [0.2, 0.25) is 0 Å². The Morgan fingerprint density at radius 3 is 2.00 bits per heavy atom. The second-order valence-electron chi connectivity index (χ2n) is 6.32. The lowest BCUT2D eigenvalue weighted by Crippen LogP contribution is -2.03. The van der Waals surface area contributed by atoms with E-state index < -0.39 is 4.92 Å². The molecule has 0 atom stereocenters. The zero-order valence-electron chi connectivity index (χ0n) is 15.3. The summed E-state index contributed by atoms with van der Waals surface area (Å²) in [6, 6.07) is 17.4. The van der Waals surface area contributed by atoms with E-state index in [0.29, 0.717) is 16.9 Å². The highest BCUT2D eigenvalue weighted by Crippen LogP contribution is 2.33. The van der Waals surface area contributed by atoms with Crippen molar-refractivity contribution in [1.29, 1.82) is 0 Å². The average Bonchev–Trinajstić information content (AvgIpc) is 2.68. The molecule has 0 aliphatic carbocycles. The number of nitro benzene ring substituents is 1. The highest BCUT2D eigenvalue weighted by Gasteiger charge is 2.20. The van der Waals surface area contributed by atoms with Crippen LogP contribution in [0.5, 0.6) is 11.5 Å². The lowest BCUT2D eigenvalue weighted by Gasteiger charge is -2.08. The predicted molar refractivity (Wildman–Crippen MR) is 104 cm³/mol. The number of nitrogens with zero attached hydrogens (tertiary/aromatic N) is 1. The third-order valence-electron chi connectivity index (χ3n) is 4.22. The summed E-state index contributed by atoms with van der Waals surface area (Å²) in [7, 11) is 0. The Hall–Kier alpha value is -3.80. The maximum absolute atomic E-state index is 12.6. The SMILES string of the molecule is CC(=O)c1ccc(Oc2ccc(C(=O)c3ccc(C)cc3)cc2[N+](=O)[O-])cc1. The highest BCUT2D eigenvalue weighted by molar-refractivity contribution is 6.09. The van der Waals surface area contributed by atoms with Crippen molar-refractivity contribution in [2.24, 2.45) is 0 Å². The van der Waals surface area contributed by atoms with Crippen molar-refractivity contribution < 1.29 is 19.2 Å². The van der Waals surface area contributed by atoms with Gasteiger partial charge >= 0.3 is 5.69 Å². The molecule has 0 N–H and O–H groups in total. The van der Waals surface area contributed by atoms with Crippen LogP contribution in [0.3, 0.4) is 0 Å². The standard InChI is InChI=1S/C22H17NO5/c1-14-3-5-17(6-4-14)22(25)18-9-12-21(20(13-18)23(26)27)28-19-10-7-16(8-11-19)15(2)24/h3-13H,1-2H3. The Morgan fingerprint density at radius 1 is 0.857 bits per heavy atom. The molecule has 0 aliphatic heterocycles. The van der Waals surface area contributed by atoms with Crippen LogP contribution in [0.25, 0.3) is 0 Å². The molecule has 0 spiro atoms. The van der Waals surface area contributed by atoms with E-state index in [2.05, 4.69) is 0 Å². The van der Waals surface area contributed by atoms with E-state index in [4.69, 9.17) is 4.74 Å². The minimum Gasteiger partial charge on any atom is -0.450 e. The Kier molecular flexibility index (Phi) is 5.31. The normalized spacial score (nSPS) is 10.4. The molecule has 0 fully saturated rings. The summed E-state index contributed by atoms with van der Waals surface area (Å²) in [5, 5.41) is 11.5. The third kappa shape index (κ3) is 4.12. The molecule has 3 aromatic rings. The number of aryl methyl sites for hydroxylation is 1. The first-order valence-corrected chi connectivity index (χ1v) is 8.54. The van der Waals surface area contributed by atoms with Crippen LogP contribution in [0.1, 0.15) is 38.8 Å². The molecule has 140 valence electrons. The van der Waals surface area contributed by atoms with Crippen molar-refractivity contribution in [1.82, 2.24) is 0 Å². The van der Waals surface area contributed by atoms with Gasteiger partial charge in [-0.1, -0.05) is 29.8 Å². The molecule has 0 bridgehead atoms. The van der Waals surface area contributed by atoms with Crippen molar-refractivity contribution in [3.8, 4) is 11.5 Å². The molecule has 3 aromatic carbocycles. The molecule has 3 rings (SSSR count). The number of carbonyl (C=O) groups excluding carboxylic acids is 2. The number of carbonyl (C=O) groups is 2. The van der Waals surface area contributed by atoms with Crippen molar-refractivity contribution in [2.75, 3.05) is 0 Å². The first-order chi connectivity index (χ1) is 13.3. The van der Waals surface area contributed by atoms with Gasteiger partial charge in [0.15, 0.2) is 11.6 Å². The third-order valence-corrected chi connectivity index (χ3v) is 4.22. The second kappa shape index (κ2) is 7.84. The van der Waals surface area contributed by atoms with Crippen LogP contribution in [0.15, 0.2) is 66.7 Å². The van der Waals surface area contributed by atoms with Gasteiger partial charge < -0.3 is 4.74 Å². The molecule has 0 unspecified atom stereocenters. The monoisotopic (exact) mass is 375 g/mol. The van der Waals surface area contributed by atoms with Crippen LogP contribution in [-0.4, -0.2) is 16.5 Å². The molecule has 0 radical (unpaired) electrons. The summed E-state index contributed by atoms with van der Waals surface area (Å²) in [5.41, 5.74) is 1.87. The van der Waals surface area contributed by atoms with E-state index in [1.54, 1.807) is 36.4 Å². The summed E-state index contributed by atoms with van der Waals surface area (Å²) in [6.07, 6.45) is 0. The summed E-state index contributed by atoms with van der Waals surface area (Å²) in [4.78, 5) is 34.8. The Bertz CT molecular complexity index is 1050. The number of benzene rings is 3. The second-order valence-corrected chi connectivity index (χ2v) is 6.32. The van der Waals surface area contributed by atoms with Crippen LogP contribution >= 0.6 is 0 Å². The molecule has 28 heavy (non-hydrogen) atoms. The fraction of sp³-hybridized carbons (Fsp3) is 0.0909. The predicted octanol–water partition coefficient (Wildman–Crippen LogP) is 5.13. The molecular formula is C22H17NO5. The van der Waals surface area contributed by atoms with Gasteiger partial charge in [0.2, 0.25) is 5.75 Å². The lowest BCUT2D eigenvalue weighted by molar-refractivity contribution is -0.385. The number of hydrogen-bond donors (Lipinski definition) is 0. The minimum absolute atomic E-state index is 0.0148. The van der Waals surface area contributed by atoms with Crippen molar-refractivity contribution >= 4 is 17.3 Å². The largest absolute Gasteiger partial charge is 0.450 e. The number of rotatable bonds is 6. The lowest BCUT2D eigenvalue weighted by atomic mass is 10.0. The van der Waals surface area contributed by atoms with Gasteiger partial charge in [-0.2, -0.15) is 0 Å². The van der Waals surface area contributed by atoms with Gasteiger partial charge in [-0.25, -0.2) is 0 Å². The number of nitro groups is 1. The van der Waals surface area contributed by atoms with Crippen LogP contribution < -0.4 is 4.74 Å². The van der Waals surface area contributed by atoms with Crippen molar-refractivity contribution in [2.45, 2.75) is 13.8 Å². The minimum atomic E-state index is -0.592. The molecule has 6 nitrogen and oxygen atoms in total. The van der Waals surface area contributed by atoms with Gasteiger partial charge in [-0.05, 0) is 50.2 Å². The van der Waals surface area contributed by atoms with Crippen molar-refractivity contribution in [3.05, 3.63) is 99.1 Å². The molecule has 0 aromatic heterocycles. The van der Waals surface area contributed by atoms with Crippen LogP contribution in [0, 0.1) is 17.0 Å². The van der Waals surface area contributed by atoms with Crippen LogP contribution in [-0.2, 0) is 0 Å². The summed E-state index contributed by atoms with van der Waals surface area (Å²) < 4.78 is 5.60. The van der Waals surface area contributed by atoms with Gasteiger partial charge in [0.25, 0.3) is 0 Å². The Morgan fingerprint density at radius 2 is 1.43 bits per heavy atom. The topological polar surface area (TPSA) is 86.5 Å². The molecular weight excluding hydrogens is 358 g/mol. The van der Waals surface area contributed by atoms with E-state index in [1.165, 1.54) is 25.1 Å². The molecule has 6 heteroatoms. The maximum atomic E-state index is 12.6. The smallest absolute Gasteiger partial charge is 0.312 e. The maximum Gasteiger partial charge on any atom is 0.312 e. The van der Waals surface area contributed by atoms with Gasteiger partial charge in [-0.3, -0.25) is 19.7 Å². The fourth-order valence-corrected chi connectivity index (χ4v) is 2.64. The van der Waals surface area contributed by atoms with E-state index in [1.807, 2.05) is 19.1 Å². The Labute approximate surface area is 161 Å². The van der Waals surface area contributed by atoms with E-state index in [-0.39, 0.29) is 28.6 Å². The van der Waals surface area contributed by atoms with Crippen molar-refractivity contribution in [3.63, 3.8) is 0 Å². The molecule has 0 amide bonds. The molecule has 0 saturated heterocycles. The first-order valence-electron chi connectivity index (χ1n) is 8.54. The van der Waals surface area contributed by atoms with Gasteiger partial charge in [0.1, 0.15) is 5.75 Å². The van der Waals surface area contributed by atoms with Gasteiger partial charge in [-0.15, -0.1) is 0 Å². The number of ether oxygens (including phenoxy) is 1. The summed E-state index contributed by atoms with van der Waals surface area (Å²) in [6.45, 7) is 3.36. The number of Topliss-reactive ketones (excluding diaryl/α,β-unsaturated/α-hetero) is 1. The van der Waals surface area contributed by atoms with Gasteiger partial charge in [0.05, 0.1) is 4.92 Å². The summed E-state index contributed by atoms with van der Waals surface area (Å²) >= 11 is 0. The quantitative estimate of drug-likeness (QED) is 0.339. The average molecular weight is 375 g/mol. The van der Waals surface area contributed by atoms with E-state index in [0.717, 1.165) is 5.56 Å². The zero-order chi connectivity index (χ0) is 20.3. The highest BCUT2D eigenvalue weighted by atomic mass is 16.6. The Balaban J connectivity index is 1.90. The van der Waals surface area contributed by atoms with Gasteiger partial charge in [0, 0.05) is 22.8 Å². The van der Waals surface area contributed by atoms with E-state index in [9.17, 15) is 19.7 Å². The number of hydrogen-bond acceptors (Lipinski definition) is 5. The molecule has 0 aliphatic rings. The summed E-state index contributed by atoms with van der Waals surface area (Å²) in [5.74, 6) is -0.0243. The zero-order valence-corrected chi connectivity index (χ0v) is 15.3. The first kappa shape index (κ1) is 19.0. The number of ketones is 2.